The van der Waals surface area contributed by atoms with Crippen LogP contribution < -0.4 is 10.1 Å². The molecule has 5 heteroatoms. The van der Waals surface area contributed by atoms with Gasteiger partial charge in [0.25, 0.3) is 0 Å². The summed E-state index contributed by atoms with van der Waals surface area (Å²) in [6.45, 7) is 5.71. The number of aldehydes is 1. The molecular weight excluding hydrogens is 306 g/mol. The van der Waals surface area contributed by atoms with Gasteiger partial charge in [-0.3, -0.25) is 0 Å². The summed E-state index contributed by atoms with van der Waals surface area (Å²) in [4.78, 5) is 24.0. The molecule has 0 heterocycles. The minimum Gasteiger partial charge on any atom is -0.497 e. The molecule has 5 nitrogen and oxygen atoms in total. The van der Waals surface area contributed by atoms with Crippen LogP contribution in [-0.4, -0.2) is 31.5 Å². The van der Waals surface area contributed by atoms with Crippen LogP contribution in [0.4, 0.5) is 5.69 Å². The fraction of sp³-hybridized carbons (Fsp3) is 0.579. The number of methoxy groups -OCH3 is 1. The molecule has 1 rings (SSSR count). The standard InChI is InChI=1S/C19H29NO4/c1-5-6-7-8-15(13-21)18(19(22)24-14(2)3)20-16-9-11-17(23-4)12-10-16/h9-15,18,20H,5-8H2,1-4H3/t15-,18-/m0/s1. The SMILES string of the molecule is CCCCC[C@@H](C=O)[C@H](Nc1ccc(OC)cc1)C(=O)OC(C)C. The lowest BCUT2D eigenvalue weighted by molar-refractivity contribution is -0.150. The fourth-order valence-corrected chi connectivity index (χ4v) is 2.46. The van der Waals surface area contributed by atoms with Gasteiger partial charge in [0, 0.05) is 11.6 Å². The minimum absolute atomic E-state index is 0.222. The number of carbonyl (C=O) groups is 2. The molecule has 0 fully saturated rings. The molecule has 0 amide bonds. The first-order valence-corrected chi connectivity index (χ1v) is 8.58. The van der Waals surface area contributed by atoms with Crippen molar-refractivity contribution in [3.05, 3.63) is 24.3 Å². The highest BCUT2D eigenvalue weighted by molar-refractivity contribution is 5.83. The molecule has 0 aliphatic carbocycles. The molecule has 0 aliphatic rings. The van der Waals surface area contributed by atoms with Gasteiger partial charge in [-0.2, -0.15) is 0 Å². The largest absolute Gasteiger partial charge is 0.497 e. The molecule has 0 unspecified atom stereocenters. The first-order valence-electron chi connectivity index (χ1n) is 8.58. The Hall–Kier alpha value is -2.04. The van der Waals surface area contributed by atoms with E-state index in [2.05, 4.69) is 12.2 Å². The van der Waals surface area contributed by atoms with Crippen molar-refractivity contribution in [2.75, 3.05) is 12.4 Å². The number of unbranched alkanes of at least 4 members (excludes halogenated alkanes) is 2. The molecule has 0 spiro atoms. The van der Waals surface area contributed by atoms with E-state index in [4.69, 9.17) is 9.47 Å². The van der Waals surface area contributed by atoms with Crippen LogP contribution >= 0.6 is 0 Å². The maximum atomic E-state index is 12.4. The summed E-state index contributed by atoms with van der Waals surface area (Å²) in [6, 6.07) is 6.57. The summed E-state index contributed by atoms with van der Waals surface area (Å²) in [5.41, 5.74) is 0.754. The lowest BCUT2D eigenvalue weighted by Gasteiger charge is -2.24. The summed E-state index contributed by atoms with van der Waals surface area (Å²) < 4.78 is 10.5. The second-order valence-electron chi connectivity index (χ2n) is 6.13. The van der Waals surface area contributed by atoms with E-state index in [1.54, 1.807) is 33.1 Å². The van der Waals surface area contributed by atoms with Gasteiger partial charge in [-0.1, -0.05) is 26.2 Å². The predicted octanol–water partition coefficient (Wildman–Crippen LogP) is 3.82. The Kier molecular flexibility index (Phi) is 8.90. The van der Waals surface area contributed by atoms with Crippen molar-refractivity contribution in [1.82, 2.24) is 0 Å². The van der Waals surface area contributed by atoms with Crippen molar-refractivity contribution < 1.29 is 19.1 Å². The van der Waals surface area contributed by atoms with Gasteiger partial charge in [0.1, 0.15) is 18.1 Å². The molecule has 0 saturated carbocycles. The van der Waals surface area contributed by atoms with Crippen molar-refractivity contribution in [2.24, 2.45) is 5.92 Å². The number of anilines is 1. The zero-order valence-corrected chi connectivity index (χ0v) is 15.1. The lowest BCUT2D eigenvalue weighted by Crippen LogP contribution is -2.40. The summed E-state index contributed by atoms with van der Waals surface area (Å²) in [6.07, 6.45) is 4.32. The van der Waals surface area contributed by atoms with Gasteiger partial charge in [0.2, 0.25) is 0 Å². The monoisotopic (exact) mass is 335 g/mol. The third-order valence-corrected chi connectivity index (χ3v) is 3.76. The van der Waals surface area contributed by atoms with E-state index in [1.807, 2.05) is 12.1 Å². The van der Waals surface area contributed by atoms with E-state index in [9.17, 15) is 9.59 Å². The van der Waals surface area contributed by atoms with E-state index in [-0.39, 0.29) is 6.10 Å². The van der Waals surface area contributed by atoms with Crippen molar-refractivity contribution in [3.63, 3.8) is 0 Å². The third-order valence-electron chi connectivity index (χ3n) is 3.76. The van der Waals surface area contributed by atoms with Crippen LogP contribution in [-0.2, 0) is 14.3 Å². The highest BCUT2D eigenvalue weighted by Crippen LogP contribution is 2.21. The molecule has 0 saturated heterocycles. The number of carbonyl (C=O) groups excluding carboxylic acids is 2. The quantitative estimate of drug-likeness (QED) is 0.378. The number of esters is 1. The van der Waals surface area contributed by atoms with Crippen LogP contribution in [0, 0.1) is 5.92 Å². The molecule has 1 aromatic rings. The number of hydrogen-bond donors (Lipinski definition) is 1. The lowest BCUT2D eigenvalue weighted by atomic mass is 9.94. The maximum Gasteiger partial charge on any atom is 0.329 e. The van der Waals surface area contributed by atoms with Gasteiger partial charge in [0.15, 0.2) is 0 Å². The summed E-state index contributed by atoms with van der Waals surface area (Å²) in [5.74, 6) is -0.0731. The highest BCUT2D eigenvalue weighted by Gasteiger charge is 2.29. The second kappa shape index (κ2) is 10.7. The minimum atomic E-state index is -0.685. The van der Waals surface area contributed by atoms with Gasteiger partial charge >= 0.3 is 5.97 Å². The van der Waals surface area contributed by atoms with Crippen LogP contribution in [0.1, 0.15) is 46.5 Å². The van der Waals surface area contributed by atoms with Gasteiger partial charge in [-0.25, -0.2) is 4.79 Å². The molecule has 2 atom stereocenters. The van der Waals surface area contributed by atoms with Crippen LogP contribution in [0.5, 0.6) is 5.75 Å². The Morgan fingerprint density at radius 1 is 1.21 bits per heavy atom. The Bertz CT molecular complexity index is 499. The molecule has 0 aliphatic heterocycles. The summed E-state index contributed by atoms with van der Waals surface area (Å²) in [7, 11) is 1.60. The van der Waals surface area contributed by atoms with Crippen LogP contribution in [0.3, 0.4) is 0 Å². The van der Waals surface area contributed by atoms with E-state index in [0.717, 1.165) is 37.0 Å². The van der Waals surface area contributed by atoms with Crippen molar-refractivity contribution in [2.45, 2.75) is 58.6 Å². The first kappa shape index (κ1) is 20.0. The molecule has 0 bridgehead atoms. The average Bonchev–Trinajstić information content (AvgIpc) is 2.57. The average molecular weight is 335 g/mol. The normalized spacial score (nSPS) is 13.2. The molecule has 1 N–H and O–H groups in total. The van der Waals surface area contributed by atoms with Crippen molar-refractivity contribution >= 4 is 17.9 Å². The number of hydrogen-bond acceptors (Lipinski definition) is 5. The molecule has 0 radical (unpaired) electrons. The van der Waals surface area contributed by atoms with Gasteiger partial charge in [0.05, 0.1) is 13.2 Å². The summed E-state index contributed by atoms with van der Waals surface area (Å²) in [5, 5.41) is 3.15. The Morgan fingerprint density at radius 2 is 1.88 bits per heavy atom. The zero-order valence-electron chi connectivity index (χ0n) is 15.1. The highest BCUT2D eigenvalue weighted by atomic mass is 16.5. The topological polar surface area (TPSA) is 64.6 Å². The van der Waals surface area contributed by atoms with E-state index >= 15 is 0 Å². The van der Waals surface area contributed by atoms with Gasteiger partial charge < -0.3 is 19.6 Å². The van der Waals surface area contributed by atoms with Gasteiger partial charge in [-0.05, 0) is 44.5 Å². The molecule has 134 valence electrons. The predicted molar refractivity (Wildman–Crippen MR) is 95.3 cm³/mol. The van der Waals surface area contributed by atoms with Crippen molar-refractivity contribution in [3.8, 4) is 5.75 Å². The van der Waals surface area contributed by atoms with E-state index < -0.39 is 17.9 Å². The molecule has 24 heavy (non-hydrogen) atoms. The molecule has 0 aromatic heterocycles. The number of ether oxygens (including phenoxy) is 2. The Labute approximate surface area is 144 Å². The third kappa shape index (κ3) is 6.60. The van der Waals surface area contributed by atoms with Gasteiger partial charge in [-0.15, -0.1) is 0 Å². The van der Waals surface area contributed by atoms with Crippen molar-refractivity contribution in [1.29, 1.82) is 0 Å². The fourth-order valence-electron chi connectivity index (χ4n) is 2.46. The molecule has 1 aromatic carbocycles. The van der Waals surface area contributed by atoms with E-state index in [1.165, 1.54) is 0 Å². The van der Waals surface area contributed by atoms with E-state index in [0.29, 0.717) is 6.42 Å². The zero-order chi connectivity index (χ0) is 17.9. The van der Waals surface area contributed by atoms with Crippen LogP contribution in [0.2, 0.25) is 0 Å². The number of benzene rings is 1. The molecular formula is C19H29NO4. The number of rotatable bonds is 11. The Morgan fingerprint density at radius 3 is 2.38 bits per heavy atom. The first-order chi connectivity index (χ1) is 11.5. The second-order valence-corrected chi connectivity index (χ2v) is 6.13. The maximum absolute atomic E-state index is 12.4. The smallest absolute Gasteiger partial charge is 0.329 e. The Balaban J connectivity index is 2.88. The summed E-state index contributed by atoms with van der Waals surface area (Å²) >= 11 is 0. The van der Waals surface area contributed by atoms with Crippen LogP contribution in [0.15, 0.2) is 24.3 Å². The van der Waals surface area contributed by atoms with Crippen LogP contribution in [0.25, 0.3) is 0 Å². The number of nitrogens with one attached hydrogen (secondary N) is 1.